The molecule has 1 heterocycles. The van der Waals surface area contributed by atoms with E-state index in [9.17, 15) is 14.3 Å². The number of benzene rings is 1. The third-order valence-corrected chi connectivity index (χ3v) is 4.23. The number of hydrogen-bond acceptors (Lipinski definition) is 3. The molecule has 4 nitrogen and oxygen atoms in total. The molecule has 2 rings (SSSR count). The highest BCUT2D eigenvalue weighted by molar-refractivity contribution is 5.69. The van der Waals surface area contributed by atoms with Gasteiger partial charge < -0.3 is 14.7 Å². The normalized spacial score (nSPS) is 19.4. The molecular weight excluding hydrogens is 309 g/mol. The first kappa shape index (κ1) is 18.7. The van der Waals surface area contributed by atoms with E-state index in [4.69, 9.17) is 4.74 Å². The van der Waals surface area contributed by atoms with Crippen molar-refractivity contribution in [1.29, 1.82) is 0 Å². The predicted molar refractivity (Wildman–Crippen MR) is 91.3 cm³/mol. The van der Waals surface area contributed by atoms with Crippen LogP contribution in [0.25, 0.3) is 0 Å². The van der Waals surface area contributed by atoms with Crippen molar-refractivity contribution in [2.45, 2.75) is 71.1 Å². The standard InChI is InChI=1S/C19H28FNO3/c1-5-7-13-12-14(20)9-10-15(13)17(22)16-8-6-11-21(16)18(23)24-19(2,3)4/h9-10,12,16-17,22H,5-8,11H2,1-4H3/t16-,17?/m0/s1. The Hall–Kier alpha value is -1.62. The largest absolute Gasteiger partial charge is 0.444 e. The zero-order chi connectivity index (χ0) is 17.9. The number of aliphatic hydroxyl groups is 1. The highest BCUT2D eigenvalue weighted by Crippen LogP contribution is 2.33. The fourth-order valence-electron chi connectivity index (χ4n) is 3.22. The molecule has 2 atom stereocenters. The summed E-state index contributed by atoms with van der Waals surface area (Å²) in [5, 5.41) is 10.9. The molecule has 0 radical (unpaired) electrons. The molecule has 134 valence electrons. The zero-order valence-corrected chi connectivity index (χ0v) is 15.0. The Morgan fingerprint density at radius 3 is 2.79 bits per heavy atom. The summed E-state index contributed by atoms with van der Waals surface area (Å²) in [5.74, 6) is -0.301. The van der Waals surface area contributed by atoms with Crippen molar-refractivity contribution < 1.29 is 19.0 Å². The molecule has 0 aliphatic carbocycles. The van der Waals surface area contributed by atoms with Gasteiger partial charge in [-0.15, -0.1) is 0 Å². The summed E-state index contributed by atoms with van der Waals surface area (Å²) in [6, 6.07) is 4.15. The zero-order valence-electron chi connectivity index (χ0n) is 15.0. The Balaban J connectivity index is 2.22. The lowest BCUT2D eigenvalue weighted by Gasteiger charge is -2.31. The fraction of sp³-hybridized carbons (Fsp3) is 0.632. The molecule has 1 aliphatic heterocycles. The van der Waals surface area contributed by atoms with Crippen molar-refractivity contribution in [3.8, 4) is 0 Å². The van der Waals surface area contributed by atoms with E-state index in [-0.39, 0.29) is 11.9 Å². The van der Waals surface area contributed by atoms with Crippen molar-refractivity contribution in [3.63, 3.8) is 0 Å². The molecule has 1 amide bonds. The van der Waals surface area contributed by atoms with Gasteiger partial charge in [0.05, 0.1) is 12.1 Å². The van der Waals surface area contributed by atoms with E-state index in [0.717, 1.165) is 18.4 Å². The molecule has 24 heavy (non-hydrogen) atoms. The van der Waals surface area contributed by atoms with Gasteiger partial charge in [-0.05, 0) is 63.3 Å². The molecule has 1 aromatic rings. The summed E-state index contributed by atoms with van der Waals surface area (Å²) in [4.78, 5) is 14.0. The lowest BCUT2D eigenvalue weighted by atomic mass is 9.93. The Bertz CT molecular complexity index is 582. The molecule has 1 aliphatic rings. The summed E-state index contributed by atoms with van der Waals surface area (Å²) in [7, 11) is 0. The van der Waals surface area contributed by atoms with Gasteiger partial charge in [-0.3, -0.25) is 0 Å². The summed E-state index contributed by atoms with van der Waals surface area (Å²) >= 11 is 0. The summed E-state index contributed by atoms with van der Waals surface area (Å²) in [5.41, 5.74) is 0.943. The second kappa shape index (κ2) is 7.51. The Morgan fingerprint density at radius 1 is 1.46 bits per heavy atom. The number of likely N-dealkylation sites (tertiary alicyclic amines) is 1. The minimum absolute atomic E-state index is 0.301. The maximum Gasteiger partial charge on any atom is 0.410 e. The van der Waals surface area contributed by atoms with Gasteiger partial charge in [0.25, 0.3) is 0 Å². The molecule has 0 bridgehead atoms. The number of rotatable bonds is 4. The van der Waals surface area contributed by atoms with Crippen LogP contribution < -0.4 is 0 Å². The van der Waals surface area contributed by atoms with Gasteiger partial charge >= 0.3 is 6.09 Å². The van der Waals surface area contributed by atoms with Gasteiger partial charge in [0.15, 0.2) is 0 Å². The van der Waals surface area contributed by atoms with Crippen molar-refractivity contribution >= 4 is 6.09 Å². The van der Waals surface area contributed by atoms with E-state index < -0.39 is 17.8 Å². The van der Waals surface area contributed by atoms with Crippen molar-refractivity contribution in [3.05, 3.63) is 35.1 Å². The summed E-state index contributed by atoms with van der Waals surface area (Å²) < 4.78 is 19.0. The average molecular weight is 337 g/mol. The first-order valence-electron chi connectivity index (χ1n) is 8.69. The molecular formula is C19H28FNO3. The van der Waals surface area contributed by atoms with Gasteiger partial charge in [0.1, 0.15) is 11.4 Å². The molecule has 5 heteroatoms. The van der Waals surface area contributed by atoms with Crippen LogP contribution in [0.2, 0.25) is 0 Å². The van der Waals surface area contributed by atoms with E-state index in [0.29, 0.717) is 24.9 Å². The molecule has 0 aromatic heterocycles. The highest BCUT2D eigenvalue weighted by atomic mass is 19.1. The number of ether oxygens (including phenoxy) is 1. The number of aryl methyl sites for hydroxylation is 1. The average Bonchev–Trinajstić information content (AvgIpc) is 2.95. The van der Waals surface area contributed by atoms with Gasteiger partial charge in [0, 0.05) is 6.54 Å². The summed E-state index contributed by atoms with van der Waals surface area (Å²) in [6.45, 7) is 8.06. The molecule has 0 saturated carbocycles. The minimum atomic E-state index is -0.831. The Kier molecular flexibility index (Phi) is 5.86. The SMILES string of the molecule is CCCc1cc(F)ccc1C(O)[C@@H]1CCCN1C(=O)OC(C)(C)C. The van der Waals surface area contributed by atoms with Crippen molar-refractivity contribution in [2.75, 3.05) is 6.54 Å². The van der Waals surface area contributed by atoms with Crippen LogP contribution in [0.5, 0.6) is 0 Å². The van der Waals surface area contributed by atoms with Crippen LogP contribution in [0.1, 0.15) is 64.2 Å². The summed E-state index contributed by atoms with van der Waals surface area (Å²) in [6.07, 6.45) is 1.87. The van der Waals surface area contributed by atoms with Crippen LogP contribution in [-0.4, -0.2) is 34.3 Å². The minimum Gasteiger partial charge on any atom is -0.444 e. The number of halogens is 1. The van der Waals surface area contributed by atoms with Gasteiger partial charge in [0.2, 0.25) is 0 Å². The van der Waals surface area contributed by atoms with E-state index in [1.165, 1.54) is 12.1 Å². The Labute approximate surface area is 143 Å². The number of nitrogens with zero attached hydrogens (tertiary/aromatic N) is 1. The molecule has 1 N–H and O–H groups in total. The maximum atomic E-state index is 13.5. The lowest BCUT2D eigenvalue weighted by Crippen LogP contribution is -2.42. The van der Waals surface area contributed by atoms with Gasteiger partial charge in [-0.2, -0.15) is 0 Å². The monoisotopic (exact) mass is 337 g/mol. The number of aliphatic hydroxyl groups excluding tert-OH is 1. The first-order valence-corrected chi connectivity index (χ1v) is 8.69. The quantitative estimate of drug-likeness (QED) is 0.895. The van der Waals surface area contributed by atoms with E-state index in [2.05, 4.69) is 0 Å². The predicted octanol–water partition coefficient (Wildman–Crippen LogP) is 4.21. The molecule has 1 fully saturated rings. The number of amides is 1. The topological polar surface area (TPSA) is 49.8 Å². The number of carbonyl (C=O) groups is 1. The second-order valence-electron chi connectivity index (χ2n) is 7.42. The first-order chi connectivity index (χ1) is 11.2. The van der Waals surface area contributed by atoms with Crippen LogP contribution >= 0.6 is 0 Å². The molecule has 1 aromatic carbocycles. The second-order valence-corrected chi connectivity index (χ2v) is 7.42. The fourth-order valence-corrected chi connectivity index (χ4v) is 3.22. The number of carbonyl (C=O) groups excluding carboxylic acids is 1. The Morgan fingerprint density at radius 2 is 2.17 bits per heavy atom. The van der Waals surface area contributed by atoms with Gasteiger partial charge in [-0.1, -0.05) is 19.4 Å². The molecule has 1 saturated heterocycles. The van der Waals surface area contributed by atoms with Crippen LogP contribution in [0.15, 0.2) is 18.2 Å². The van der Waals surface area contributed by atoms with Crippen molar-refractivity contribution in [1.82, 2.24) is 4.90 Å². The number of hydrogen-bond donors (Lipinski definition) is 1. The van der Waals surface area contributed by atoms with E-state index in [1.54, 1.807) is 11.0 Å². The van der Waals surface area contributed by atoms with Crippen LogP contribution in [0, 0.1) is 5.82 Å². The molecule has 1 unspecified atom stereocenters. The lowest BCUT2D eigenvalue weighted by molar-refractivity contribution is 0.00474. The third kappa shape index (κ3) is 4.47. The third-order valence-electron chi connectivity index (χ3n) is 4.23. The highest BCUT2D eigenvalue weighted by Gasteiger charge is 2.37. The smallest absolute Gasteiger partial charge is 0.410 e. The van der Waals surface area contributed by atoms with Crippen LogP contribution in [0.3, 0.4) is 0 Å². The van der Waals surface area contributed by atoms with Gasteiger partial charge in [-0.25, -0.2) is 9.18 Å². The van der Waals surface area contributed by atoms with Crippen LogP contribution in [-0.2, 0) is 11.2 Å². The van der Waals surface area contributed by atoms with Crippen LogP contribution in [0.4, 0.5) is 9.18 Å². The van der Waals surface area contributed by atoms with E-state index >= 15 is 0 Å². The van der Waals surface area contributed by atoms with Crippen molar-refractivity contribution in [2.24, 2.45) is 0 Å². The maximum absolute atomic E-state index is 13.5. The molecule has 0 spiro atoms. The van der Waals surface area contributed by atoms with E-state index in [1.807, 2.05) is 27.7 Å².